The van der Waals surface area contributed by atoms with Crippen LogP contribution in [0.25, 0.3) is 11.3 Å². The van der Waals surface area contributed by atoms with Crippen molar-refractivity contribution in [3.63, 3.8) is 0 Å². The van der Waals surface area contributed by atoms with Crippen LogP contribution < -0.4 is 5.32 Å². The second kappa shape index (κ2) is 11.6. The topological polar surface area (TPSA) is 140 Å². The van der Waals surface area contributed by atoms with Gasteiger partial charge in [-0.05, 0) is 38.1 Å². The fourth-order valence-corrected chi connectivity index (χ4v) is 5.49. The van der Waals surface area contributed by atoms with E-state index in [0.717, 1.165) is 43.8 Å². The quantitative estimate of drug-likeness (QED) is 0.344. The number of piperidine rings is 1. The molecule has 3 aliphatic heterocycles. The Morgan fingerprint density at radius 1 is 1.21 bits per heavy atom. The summed E-state index contributed by atoms with van der Waals surface area (Å²) in [6.07, 6.45) is -0.700. The molecule has 3 N–H and O–H groups in total. The summed E-state index contributed by atoms with van der Waals surface area (Å²) in [5.41, 5.74) is 0.876. The number of aromatic nitrogens is 3. The molecule has 0 aliphatic carbocycles. The van der Waals surface area contributed by atoms with Crippen LogP contribution in [0.3, 0.4) is 0 Å². The number of nitrogens with one attached hydrogen (secondary N) is 1. The summed E-state index contributed by atoms with van der Waals surface area (Å²) in [7, 11) is 0. The number of oxime groups is 1. The standard InChI is InChI=1S/C25H30F3N5O6/c1-12(35)37-25-20(9-15-8-18(31-39-15)13-2-4-29-5-3-13)38-21(11-34)24(36)23(25)33-10-19(30-32-33)14-6-16(26)22(28)17(27)7-14/h6-7,10,13,15,20-21,23-25,29,34,36H,2-5,8-9,11H2,1H3/t15?,20-,21-,23+,24+,25+/m1/s1. The van der Waals surface area contributed by atoms with Crippen molar-refractivity contribution in [2.45, 2.75) is 69.2 Å². The number of aliphatic hydroxyl groups is 2. The van der Waals surface area contributed by atoms with Crippen LogP contribution in [-0.2, 0) is 19.1 Å². The summed E-state index contributed by atoms with van der Waals surface area (Å²) in [4.78, 5) is 17.8. The molecule has 212 valence electrons. The monoisotopic (exact) mass is 553 g/mol. The molecule has 0 radical (unpaired) electrons. The summed E-state index contributed by atoms with van der Waals surface area (Å²) in [6, 6.07) is 0.466. The number of hydrogen-bond acceptors (Lipinski definition) is 10. The first kappa shape index (κ1) is 27.5. The van der Waals surface area contributed by atoms with E-state index in [4.69, 9.17) is 14.3 Å². The van der Waals surface area contributed by atoms with E-state index in [0.29, 0.717) is 12.3 Å². The maximum absolute atomic E-state index is 13.8. The molecule has 3 aliphatic rings. The van der Waals surface area contributed by atoms with Crippen molar-refractivity contribution < 1.29 is 42.5 Å². The summed E-state index contributed by atoms with van der Waals surface area (Å²) in [6.45, 7) is 2.48. The minimum atomic E-state index is -1.61. The minimum Gasteiger partial charge on any atom is -0.457 e. The Labute approximate surface area is 221 Å². The van der Waals surface area contributed by atoms with Crippen molar-refractivity contribution in [3.8, 4) is 11.3 Å². The Morgan fingerprint density at radius 3 is 2.59 bits per heavy atom. The second-order valence-electron chi connectivity index (χ2n) is 10.1. The van der Waals surface area contributed by atoms with Gasteiger partial charge in [-0.25, -0.2) is 17.9 Å². The van der Waals surface area contributed by atoms with Crippen molar-refractivity contribution in [2.24, 2.45) is 11.1 Å². The lowest BCUT2D eigenvalue weighted by Crippen LogP contribution is -2.57. The molecule has 0 spiro atoms. The highest BCUT2D eigenvalue weighted by Gasteiger charge is 2.50. The number of nitrogens with zero attached hydrogens (tertiary/aromatic N) is 4. The predicted octanol–water partition coefficient (Wildman–Crippen LogP) is 1.49. The van der Waals surface area contributed by atoms with Gasteiger partial charge in [-0.2, -0.15) is 0 Å². The van der Waals surface area contributed by atoms with Crippen molar-refractivity contribution in [3.05, 3.63) is 35.8 Å². The largest absolute Gasteiger partial charge is 0.457 e. The van der Waals surface area contributed by atoms with E-state index < -0.39 is 60.5 Å². The Bertz CT molecular complexity index is 1200. The average molecular weight is 554 g/mol. The first-order chi connectivity index (χ1) is 18.7. The van der Waals surface area contributed by atoms with Gasteiger partial charge in [0, 0.05) is 31.2 Å². The number of esters is 1. The molecule has 6 atom stereocenters. The third kappa shape index (κ3) is 5.78. The molecule has 1 aromatic carbocycles. The van der Waals surface area contributed by atoms with E-state index in [-0.39, 0.29) is 23.8 Å². The summed E-state index contributed by atoms with van der Waals surface area (Å²) in [5, 5.41) is 36.5. The van der Waals surface area contributed by atoms with Gasteiger partial charge in [0.15, 0.2) is 23.6 Å². The molecule has 14 heteroatoms. The van der Waals surface area contributed by atoms with Crippen LogP contribution in [-0.4, -0.2) is 87.1 Å². The fourth-order valence-electron chi connectivity index (χ4n) is 5.49. The maximum Gasteiger partial charge on any atom is 0.303 e. The Kier molecular flexibility index (Phi) is 8.16. The van der Waals surface area contributed by atoms with Gasteiger partial charge >= 0.3 is 5.97 Å². The molecule has 39 heavy (non-hydrogen) atoms. The number of benzene rings is 1. The fraction of sp³-hybridized carbons (Fsp3) is 0.600. The van der Waals surface area contributed by atoms with E-state index in [1.807, 2.05) is 0 Å². The zero-order chi connectivity index (χ0) is 27.7. The van der Waals surface area contributed by atoms with Crippen molar-refractivity contribution in [2.75, 3.05) is 19.7 Å². The summed E-state index contributed by atoms with van der Waals surface area (Å²) < 4.78 is 53.8. The van der Waals surface area contributed by atoms with Gasteiger partial charge in [0.25, 0.3) is 0 Å². The third-order valence-electron chi connectivity index (χ3n) is 7.42. The lowest BCUT2D eigenvalue weighted by atomic mass is 9.86. The summed E-state index contributed by atoms with van der Waals surface area (Å²) >= 11 is 0. The maximum atomic E-state index is 13.8. The van der Waals surface area contributed by atoms with Gasteiger partial charge in [0.05, 0.1) is 18.5 Å². The van der Waals surface area contributed by atoms with Gasteiger partial charge in [-0.15, -0.1) is 5.10 Å². The normalized spacial score (nSPS) is 29.6. The van der Waals surface area contributed by atoms with Crippen molar-refractivity contribution >= 4 is 11.7 Å². The first-order valence-corrected chi connectivity index (χ1v) is 12.9. The first-order valence-electron chi connectivity index (χ1n) is 12.9. The molecule has 5 rings (SSSR count). The van der Waals surface area contributed by atoms with Crippen LogP contribution in [0.4, 0.5) is 13.2 Å². The molecule has 2 aromatic rings. The lowest BCUT2D eigenvalue weighted by molar-refractivity contribution is -0.223. The highest BCUT2D eigenvalue weighted by Crippen LogP contribution is 2.36. The highest BCUT2D eigenvalue weighted by molar-refractivity contribution is 5.87. The van der Waals surface area contributed by atoms with Crippen LogP contribution in [0.15, 0.2) is 23.5 Å². The molecule has 0 bridgehead atoms. The number of ether oxygens (including phenoxy) is 2. The number of carbonyl (C=O) groups excluding carboxylic acids is 1. The Morgan fingerprint density at radius 2 is 1.92 bits per heavy atom. The molecule has 2 fully saturated rings. The molecule has 0 saturated carbocycles. The van der Waals surface area contributed by atoms with Gasteiger partial charge in [-0.1, -0.05) is 10.4 Å². The van der Waals surface area contributed by atoms with Crippen molar-refractivity contribution in [1.82, 2.24) is 20.3 Å². The molecule has 11 nitrogen and oxygen atoms in total. The molecule has 1 unspecified atom stereocenters. The lowest BCUT2D eigenvalue weighted by Gasteiger charge is -2.44. The Hall–Kier alpha value is -3.07. The average Bonchev–Trinajstić information content (AvgIpc) is 3.59. The SMILES string of the molecule is CC(=O)O[C@@H]1[C@@H](n2cc(-c3cc(F)c(F)c(F)c3)nn2)[C@@H](O)[C@@H](CO)O[C@@H]1CC1CC(C2CCNCC2)=NO1. The van der Waals surface area contributed by atoms with E-state index in [2.05, 4.69) is 20.8 Å². The highest BCUT2D eigenvalue weighted by atomic mass is 19.2. The van der Waals surface area contributed by atoms with E-state index >= 15 is 0 Å². The van der Waals surface area contributed by atoms with Crippen LogP contribution in [0.2, 0.25) is 0 Å². The molecule has 1 aromatic heterocycles. The minimum absolute atomic E-state index is 0.00990. The molecular formula is C25H30F3N5O6. The van der Waals surface area contributed by atoms with Crippen LogP contribution in [0.1, 0.15) is 38.6 Å². The molecule has 2 saturated heterocycles. The van der Waals surface area contributed by atoms with Crippen LogP contribution >= 0.6 is 0 Å². The van der Waals surface area contributed by atoms with Crippen LogP contribution in [0.5, 0.6) is 0 Å². The van der Waals surface area contributed by atoms with Gasteiger partial charge in [-0.3, -0.25) is 4.79 Å². The number of aliphatic hydroxyl groups excluding tert-OH is 2. The van der Waals surface area contributed by atoms with Crippen molar-refractivity contribution in [1.29, 1.82) is 0 Å². The van der Waals surface area contributed by atoms with Crippen LogP contribution in [0, 0.1) is 23.4 Å². The molecular weight excluding hydrogens is 523 g/mol. The van der Waals surface area contributed by atoms with Gasteiger partial charge < -0.3 is 29.8 Å². The number of halogens is 3. The number of hydrogen-bond donors (Lipinski definition) is 3. The Balaban J connectivity index is 1.39. The number of rotatable bonds is 7. The second-order valence-corrected chi connectivity index (χ2v) is 10.1. The summed E-state index contributed by atoms with van der Waals surface area (Å²) in [5.74, 6) is -4.73. The van der Waals surface area contributed by atoms with Gasteiger partial charge in [0.2, 0.25) is 0 Å². The van der Waals surface area contributed by atoms with E-state index in [1.165, 1.54) is 17.8 Å². The zero-order valence-corrected chi connectivity index (χ0v) is 21.2. The smallest absolute Gasteiger partial charge is 0.303 e. The zero-order valence-electron chi connectivity index (χ0n) is 21.2. The van der Waals surface area contributed by atoms with E-state index in [1.54, 1.807) is 0 Å². The van der Waals surface area contributed by atoms with Gasteiger partial charge in [0.1, 0.15) is 36.2 Å². The third-order valence-corrected chi connectivity index (χ3v) is 7.42. The van der Waals surface area contributed by atoms with E-state index in [9.17, 15) is 28.2 Å². The predicted molar refractivity (Wildman–Crippen MR) is 129 cm³/mol. The molecule has 0 amide bonds. The number of carbonyl (C=O) groups is 1. The molecule has 4 heterocycles.